The van der Waals surface area contributed by atoms with E-state index in [-0.39, 0.29) is 23.2 Å². The van der Waals surface area contributed by atoms with Crippen molar-refractivity contribution in [3.05, 3.63) is 47.9 Å². The minimum atomic E-state index is -3.82. The van der Waals surface area contributed by atoms with Crippen molar-refractivity contribution < 1.29 is 17.9 Å². The minimum Gasteiger partial charge on any atom is -0.383 e. The van der Waals surface area contributed by atoms with Gasteiger partial charge in [0.05, 0.1) is 25.3 Å². The number of methoxy groups -OCH3 is 1. The number of hydrogen-bond acceptors (Lipinski definition) is 7. The first-order valence-electron chi connectivity index (χ1n) is 10.2. The average Bonchev–Trinajstić information content (AvgIpc) is 2.82. The van der Waals surface area contributed by atoms with E-state index >= 15 is 0 Å². The van der Waals surface area contributed by atoms with Crippen LogP contribution < -0.4 is 4.90 Å². The summed E-state index contributed by atoms with van der Waals surface area (Å²) >= 11 is 6.19. The number of hydrogen-bond donors (Lipinski definition) is 0. The molecule has 0 bridgehead atoms. The van der Waals surface area contributed by atoms with Gasteiger partial charge in [0.25, 0.3) is 0 Å². The molecular formula is C22H25ClN4O4S. The number of halogens is 1. The molecule has 1 aliphatic heterocycles. The zero-order valence-corrected chi connectivity index (χ0v) is 19.6. The molecule has 8 nitrogen and oxygen atoms in total. The highest BCUT2D eigenvalue weighted by Crippen LogP contribution is 2.33. The van der Waals surface area contributed by atoms with Crippen LogP contribution in [0.1, 0.15) is 0 Å². The molecule has 0 atom stereocenters. The highest BCUT2D eigenvalue weighted by Gasteiger charge is 2.25. The van der Waals surface area contributed by atoms with Gasteiger partial charge in [0.15, 0.2) is 0 Å². The largest absolute Gasteiger partial charge is 0.383 e. The SMILES string of the molecule is COCCN(C)S(=O)(=O)c1cc(-c2ccc3nccc(N4CCOCC4)c3c2)cnc1Cl. The molecule has 170 valence electrons. The molecule has 10 heteroatoms. The van der Waals surface area contributed by atoms with Gasteiger partial charge in [-0.25, -0.2) is 13.4 Å². The van der Waals surface area contributed by atoms with Gasteiger partial charge in [0.2, 0.25) is 10.0 Å². The second kappa shape index (κ2) is 9.68. The summed E-state index contributed by atoms with van der Waals surface area (Å²) in [6.45, 7) is 3.47. The van der Waals surface area contributed by atoms with E-state index in [1.165, 1.54) is 18.5 Å². The van der Waals surface area contributed by atoms with Crippen LogP contribution >= 0.6 is 11.6 Å². The van der Waals surface area contributed by atoms with Gasteiger partial charge in [-0.05, 0) is 29.8 Å². The van der Waals surface area contributed by atoms with Gasteiger partial charge >= 0.3 is 0 Å². The first-order chi connectivity index (χ1) is 15.4. The van der Waals surface area contributed by atoms with Crippen LogP contribution in [0.15, 0.2) is 47.6 Å². The average molecular weight is 477 g/mol. The summed E-state index contributed by atoms with van der Waals surface area (Å²) in [5.41, 5.74) is 3.44. The Labute approximate surface area is 192 Å². The van der Waals surface area contributed by atoms with Crippen LogP contribution in [0.2, 0.25) is 5.15 Å². The van der Waals surface area contributed by atoms with E-state index in [1.54, 1.807) is 18.5 Å². The molecule has 0 N–H and O–H groups in total. The van der Waals surface area contributed by atoms with E-state index in [4.69, 9.17) is 21.1 Å². The van der Waals surface area contributed by atoms with E-state index in [9.17, 15) is 8.42 Å². The fourth-order valence-electron chi connectivity index (χ4n) is 3.67. The summed E-state index contributed by atoms with van der Waals surface area (Å²) in [5, 5.41) is 0.929. The summed E-state index contributed by atoms with van der Waals surface area (Å²) in [7, 11) is -0.799. The monoisotopic (exact) mass is 476 g/mol. The van der Waals surface area contributed by atoms with E-state index in [2.05, 4.69) is 14.9 Å². The standard InChI is InChI=1S/C22H25ClN4O4S/c1-26(7-10-30-2)32(28,29)21-14-17(15-25-22(21)23)16-3-4-19-18(13-16)20(5-6-24-19)27-8-11-31-12-9-27/h3-6,13-15H,7-12H2,1-2H3. The van der Waals surface area contributed by atoms with Crippen molar-refractivity contribution in [1.29, 1.82) is 0 Å². The molecule has 0 radical (unpaired) electrons. The van der Waals surface area contributed by atoms with Crippen LogP contribution in [0, 0.1) is 0 Å². The van der Waals surface area contributed by atoms with Crippen molar-refractivity contribution in [2.24, 2.45) is 0 Å². The molecule has 1 aliphatic rings. The number of fused-ring (bicyclic) bond motifs is 1. The van der Waals surface area contributed by atoms with E-state index in [1.807, 2.05) is 24.3 Å². The Bertz CT molecular complexity index is 1220. The Balaban J connectivity index is 1.75. The van der Waals surface area contributed by atoms with Crippen LogP contribution in [0.5, 0.6) is 0 Å². The number of ether oxygens (including phenoxy) is 2. The van der Waals surface area contributed by atoms with Crippen LogP contribution in [-0.2, 0) is 19.5 Å². The summed E-state index contributed by atoms with van der Waals surface area (Å²) in [5.74, 6) is 0. The lowest BCUT2D eigenvalue weighted by Gasteiger charge is -2.29. The van der Waals surface area contributed by atoms with Crippen LogP contribution in [0.3, 0.4) is 0 Å². The molecule has 0 spiro atoms. The Kier molecular flexibility index (Phi) is 6.92. The smallest absolute Gasteiger partial charge is 0.245 e. The first kappa shape index (κ1) is 22.9. The highest BCUT2D eigenvalue weighted by molar-refractivity contribution is 7.89. The number of rotatable bonds is 7. The maximum Gasteiger partial charge on any atom is 0.245 e. The maximum absolute atomic E-state index is 13.0. The number of likely N-dealkylation sites (N-methyl/N-ethyl adjacent to an activating group) is 1. The normalized spacial score (nSPS) is 14.9. The number of benzene rings is 1. The quantitative estimate of drug-likeness (QED) is 0.484. The summed E-state index contributed by atoms with van der Waals surface area (Å²) in [6.07, 6.45) is 3.39. The van der Waals surface area contributed by atoms with E-state index in [0.717, 1.165) is 35.2 Å². The molecule has 4 rings (SSSR count). The summed E-state index contributed by atoms with van der Waals surface area (Å²) < 4.78 is 37.8. The molecule has 2 aromatic heterocycles. The van der Waals surface area contributed by atoms with Gasteiger partial charge in [-0.3, -0.25) is 4.98 Å². The lowest BCUT2D eigenvalue weighted by molar-refractivity contribution is 0.123. The third-order valence-electron chi connectivity index (χ3n) is 5.51. The Morgan fingerprint density at radius 3 is 2.69 bits per heavy atom. The molecule has 3 aromatic rings. The van der Waals surface area contributed by atoms with Crippen molar-refractivity contribution in [2.45, 2.75) is 4.90 Å². The number of pyridine rings is 2. The number of aromatic nitrogens is 2. The van der Waals surface area contributed by atoms with Crippen molar-refractivity contribution in [1.82, 2.24) is 14.3 Å². The topological polar surface area (TPSA) is 84.9 Å². The fourth-order valence-corrected chi connectivity index (χ4v) is 5.25. The zero-order valence-electron chi connectivity index (χ0n) is 18.0. The van der Waals surface area contributed by atoms with Crippen LogP contribution in [0.25, 0.3) is 22.0 Å². The third-order valence-corrected chi connectivity index (χ3v) is 7.79. The highest BCUT2D eigenvalue weighted by atomic mass is 35.5. The Morgan fingerprint density at radius 2 is 1.94 bits per heavy atom. The second-order valence-electron chi connectivity index (χ2n) is 7.49. The van der Waals surface area contributed by atoms with Crippen LogP contribution in [0.4, 0.5) is 5.69 Å². The van der Waals surface area contributed by atoms with E-state index in [0.29, 0.717) is 18.8 Å². The number of nitrogens with zero attached hydrogens (tertiary/aromatic N) is 4. The van der Waals surface area contributed by atoms with E-state index < -0.39 is 10.0 Å². The van der Waals surface area contributed by atoms with Crippen LogP contribution in [-0.4, -0.2) is 76.3 Å². The summed E-state index contributed by atoms with van der Waals surface area (Å²) in [4.78, 5) is 10.9. The van der Waals surface area contributed by atoms with Crippen molar-refractivity contribution >= 4 is 38.2 Å². The molecule has 32 heavy (non-hydrogen) atoms. The molecule has 0 saturated carbocycles. The number of anilines is 1. The van der Waals surface area contributed by atoms with Gasteiger partial charge in [-0.15, -0.1) is 0 Å². The maximum atomic E-state index is 13.0. The molecule has 0 amide bonds. The number of morpholine rings is 1. The fraction of sp³-hybridized carbons (Fsp3) is 0.364. The predicted molar refractivity (Wildman–Crippen MR) is 125 cm³/mol. The van der Waals surface area contributed by atoms with Gasteiger partial charge in [-0.2, -0.15) is 4.31 Å². The molecule has 0 unspecified atom stereocenters. The molecular weight excluding hydrogens is 452 g/mol. The van der Waals surface area contributed by atoms with Gasteiger partial charge in [0.1, 0.15) is 10.0 Å². The summed E-state index contributed by atoms with van der Waals surface area (Å²) in [6, 6.07) is 9.43. The lowest BCUT2D eigenvalue weighted by atomic mass is 10.0. The second-order valence-corrected chi connectivity index (χ2v) is 9.87. The van der Waals surface area contributed by atoms with Crippen molar-refractivity contribution in [2.75, 3.05) is 58.5 Å². The molecule has 1 saturated heterocycles. The zero-order chi connectivity index (χ0) is 22.7. The molecule has 0 aliphatic carbocycles. The Hall–Kier alpha value is -2.30. The van der Waals surface area contributed by atoms with Gasteiger partial charge in [-0.1, -0.05) is 17.7 Å². The van der Waals surface area contributed by atoms with Crippen molar-refractivity contribution in [3.63, 3.8) is 0 Å². The number of sulfonamides is 1. The Morgan fingerprint density at radius 1 is 1.16 bits per heavy atom. The minimum absolute atomic E-state index is 0.0324. The molecule has 3 heterocycles. The first-order valence-corrected chi connectivity index (χ1v) is 12.1. The van der Waals surface area contributed by atoms with Crippen molar-refractivity contribution in [3.8, 4) is 11.1 Å². The molecule has 1 aromatic carbocycles. The van der Waals surface area contributed by atoms with Gasteiger partial charge < -0.3 is 14.4 Å². The van der Waals surface area contributed by atoms with Gasteiger partial charge in [0, 0.05) is 62.8 Å². The third kappa shape index (κ3) is 4.57. The molecule has 1 fully saturated rings. The lowest BCUT2D eigenvalue weighted by Crippen LogP contribution is -2.36. The predicted octanol–water partition coefficient (Wildman–Crippen LogP) is 3.05.